The van der Waals surface area contributed by atoms with Crippen LogP contribution in [0, 0.1) is 0 Å². The summed E-state index contributed by atoms with van der Waals surface area (Å²) in [5.41, 5.74) is -91.9. The number of sulfone groups is 9. The minimum absolute atomic E-state index is 10.2. The number of hydrogen-bond acceptors (Lipinski definition) is 18. The molecule has 0 rings (SSSR count). The van der Waals surface area contributed by atoms with Gasteiger partial charge in [-0.3, -0.25) is 0 Å². The van der Waals surface area contributed by atoms with Crippen LogP contribution >= 0.6 is 0 Å². The van der Waals surface area contributed by atoms with Crippen molar-refractivity contribution in [2.24, 2.45) is 0 Å². The van der Waals surface area contributed by atoms with Gasteiger partial charge in [0.2, 0.25) is 0 Å². The summed E-state index contributed by atoms with van der Waals surface area (Å²) in [4.78, 5) is 0. The number of halogens is 27. The molecular formula is C12BiF27O18S9. The van der Waals surface area contributed by atoms with E-state index < -0.39 is 163 Å². The molecule has 0 N–H and O–H groups in total. The molecule has 0 heterocycles. The zero-order chi connectivity index (χ0) is 56.1. The van der Waals surface area contributed by atoms with Gasteiger partial charge < -0.3 is 0 Å². The van der Waals surface area contributed by atoms with Crippen molar-refractivity contribution in [1.82, 2.24) is 0 Å². The maximum absolute atomic E-state index is 16.2. The Morgan fingerprint density at radius 1 is 0.164 bits per heavy atom. The Hall–Kier alpha value is -1.46. The Balaban J connectivity index is 14.2. The number of rotatable bonds is 12. The van der Waals surface area contributed by atoms with Crippen LogP contribution in [0.2, 0.25) is 0 Å². The van der Waals surface area contributed by atoms with Gasteiger partial charge in [-0.25, -0.2) is 0 Å². The molecule has 67 heavy (non-hydrogen) atoms. The van der Waals surface area contributed by atoms with Gasteiger partial charge in [-0.2, -0.15) is 0 Å². The van der Waals surface area contributed by atoms with Crippen molar-refractivity contribution in [3.63, 3.8) is 0 Å². The molecule has 0 radical (unpaired) electrons. The molecule has 0 aromatic rings. The normalized spacial score (nSPS) is 17.2. The molecule has 0 aliphatic heterocycles. The van der Waals surface area contributed by atoms with Crippen LogP contribution in [0.3, 0.4) is 0 Å². The zero-order valence-electron chi connectivity index (χ0n) is 27.7. The van der Waals surface area contributed by atoms with E-state index in [0.29, 0.717) is 0 Å². The average molecular weight is 1440 g/mol. The second-order valence-corrected chi connectivity index (χ2v) is 53.1. The summed E-state index contributed by atoms with van der Waals surface area (Å²) >= 11 is -16.2. The van der Waals surface area contributed by atoms with Gasteiger partial charge in [0.25, 0.3) is 0 Å². The van der Waals surface area contributed by atoms with E-state index in [-0.39, 0.29) is 0 Å². The van der Waals surface area contributed by atoms with Crippen LogP contribution in [-0.2, 0) is 88.5 Å². The molecule has 404 valence electrons. The molecule has 0 aliphatic carbocycles. The van der Waals surface area contributed by atoms with Crippen molar-refractivity contribution < 1.29 is 194 Å². The van der Waals surface area contributed by atoms with Crippen LogP contribution in [0.15, 0.2) is 0 Å². The molecule has 0 fully saturated rings. The van der Waals surface area contributed by atoms with Gasteiger partial charge in [-0.1, -0.05) is 0 Å². The average Bonchev–Trinajstić information content (AvgIpc) is 2.95. The molecule has 0 spiro atoms. The Labute approximate surface area is 355 Å². The van der Waals surface area contributed by atoms with Crippen LogP contribution in [0.1, 0.15) is 0 Å². The van der Waals surface area contributed by atoms with Gasteiger partial charge in [0.1, 0.15) is 0 Å². The predicted molar refractivity (Wildman–Crippen MR) is 149 cm³/mol. The second kappa shape index (κ2) is 16.0. The Bertz CT molecular complexity index is 2390. The summed E-state index contributed by atoms with van der Waals surface area (Å²) in [6.07, 6.45) is 0. The van der Waals surface area contributed by atoms with Gasteiger partial charge in [0.05, 0.1) is 0 Å². The van der Waals surface area contributed by atoms with Crippen molar-refractivity contribution in [3.8, 4) is 0 Å². The van der Waals surface area contributed by atoms with Gasteiger partial charge >= 0.3 is 358 Å². The fourth-order valence-corrected chi connectivity index (χ4v) is 99.8. The molecule has 55 heteroatoms. The van der Waals surface area contributed by atoms with Gasteiger partial charge in [0.15, 0.2) is 0 Å². The van der Waals surface area contributed by atoms with E-state index in [4.69, 9.17) is 0 Å². The molecule has 0 amide bonds. The van der Waals surface area contributed by atoms with E-state index in [1.165, 1.54) is 0 Å². The van der Waals surface area contributed by atoms with Crippen molar-refractivity contribution in [1.29, 1.82) is 0 Å². The first-order chi connectivity index (χ1) is 27.9. The zero-order valence-corrected chi connectivity index (χ0v) is 38.5. The van der Waals surface area contributed by atoms with Crippen LogP contribution < -0.4 is 0 Å². The van der Waals surface area contributed by atoms with Gasteiger partial charge in [-0.05, 0) is 0 Å². The Morgan fingerprint density at radius 3 is 0.269 bits per heavy atom. The summed E-state index contributed by atoms with van der Waals surface area (Å²) in [7, 11) is -113. The molecule has 0 aromatic carbocycles. The van der Waals surface area contributed by atoms with E-state index in [9.17, 15) is 194 Å². The van der Waals surface area contributed by atoms with Gasteiger partial charge in [-0.15, -0.1) is 0 Å². The number of hydrogen-bond donors (Lipinski definition) is 0. The van der Waals surface area contributed by atoms with Crippen LogP contribution in [0.25, 0.3) is 0 Å². The fourth-order valence-electron chi connectivity index (χ4n) is 4.20. The molecule has 0 aromatic heterocycles. The van der Waals surface area contributed by atoms with E-state index in [1.54, 1.807) is 0 Å². The van der Waals surface area contributed by atoms with Crippen LogP contribution in [0.4, 0.5) is 119 Å². The van der Waals surface area contributed by atoms with Crippen molar-refractivity contribution in [2.45, 2.75) is 52.9 Å². The van der Waals surface area contributed by atoms with Gasteiger partial charge in [0, 0.05) is 0 Å². The van der Waals surface area contributed by atoms with Crippen LogP contribution in [0.5, 0.6) is 0 Å². The topological polar surface area (TPSA) is 307 Å². The SMILES string of the molecule is O=S(=O)(C(F)(F)F)[C]([Bi]([C](S(=O)(=O)C(F)(F)F)(S(=O)(=O)C(F)(F)F)S(=O)(=O)C(F)(F)F)[C](S(=O)(=O)C(F)(F)F)(S(=O)(=O)C(F)(F)F)S(=O)(=O)C(F)(F)F)(S(=O)(=O)C(F)(F)F)S(=O)(=O)C(F)(F)F. The predicted octanol–water partition coefficient (Wildman–Crippen LogP) is 2.47. The summed E-state index contributed by atoms with van der Waals surface area (Å²) < 4.78 is 587. The first-order valence-corrected chi connectivity index (χ1v) is 31.0. The summed E-state index contributed by atoms with van der Waals surface area (Å²) in [5.74, 6) is 0. The molecule has 0 saturated heterocycles. The van der Waals surface area contributed by atoms with Crippen molar-refractivity contribution in [2.75, 3.05) is 0 Å². The van der Waals surface area contributed by atoms with E-state index in [2.05, 4.69) is 0 Å². The van der Waals surface area contributed by atoms with Crippen molar-refractivity contribution in [3.05, 3.63) is 0 Å². The fraction of sp³-hybridized carbons (Fsp3) is 1.00. The third kappa shape index (κ3) is 7.92. The molecule has 0 aliphatic rings. The quantitative estimate of drug-likeness (QED) is 0.200. The Morgan fingerprint density at radius 2 is 0.224 bits per heavy atom. The van der Waals surface area contributed by atoms with E-state index in [1.807, 2.05) is 0 Å². The minimum atomic E-state index is -16.2. The van der Waals surface area contributed by atoms with Crippen LogP contribution in [-0.4, -0.2) is 150 Å². The molecular weight excluding hydrogens is 1440 g/mol. The summed E-state index contributed by atoms with van der Waals surface area (Å²) in [6, 6.07) is 0. The monoisotopic (exact) mass is 1440 g/mol. The molecule has 0 unspecified atom stereocenters. The van der Waals surface area contributed by atoms with E-state index in [0.717, 1.165) is 0 Å². The third-order valence-electron chi connectivity index (χ3n) is 6.62. The first-order valence-electron chi connectivity index (χ1n) is 12.4. The molecule has 0 bridgehead atoms. The number of alkyl halides is 27. The summed E-state index contributed by atoms with van der Waals surface area (Å²) in [5, 5.41) is 0. The van der Waals surface area contributed by atoms with Crippen molar-refractivity contribution >= 4 is 110 Å². The molecule has 0 atom stereocenters. The molecule has 18 nitrogen and oxygen atoms in total. The standard InChI is InChI=1S/3C4F9O6S3.Bi/c3*5-2(6,7)20(14,15)1(21(16,17)3(8,9)10)22(18,19)4(11,12)13;. The second-order valence-electron chi connectivity index (χ2n) is 10.4. The Kier molecular flexibility index (Phi) is 15.7. The van der Waals surface area contributed by atoms with E-state index >= 15 is 0 Å². The molecule has 0 saturated carbocycles. The first kappa shape index (κ1) is 65.5. The maximum atomic E-state index is 14.4. The summed E-state index contributed by atoms with van der Waals surface area (Å²) in [6.45, 7) is 0. The third-order valence-corrected chi connectivity index (χ3v) is 76.1.